The van der Waals surface area contributed by atoms with Crippen LogP contribution in [0.2, 0.25) is 0 Å². The predicted molar refractivity (Wildman–Crippen MR) is 68.2 cm³/mol. The summed E-state index contributed by atoms with van der Waals surface area (Å²) in [5.41, 5.74) is 0. The molecular weight excluding hydrogens is 238 g/mol. The van der Waals surface area contributed by atoms with Crippen molar-refractivity contribution in [1.82, 2.24) is 4.98 Å². The van der Waals surface area contributed by atoms with Gasteiger partial charge in [-0.3, -0.25) is 0 Å². The predicted octanol–water partition coefficient (Wildman–Crippen LogP) is 0.816. The SMILES string of the molecule is c1sc(N2CCOCC2)nc1N1CCOCC1. The maximum Gasteiger partial charge on any atom is 0.187 e. The molecule has 0 saturated carbocycles. The van der Waals surface area contributed by atoms with E-state index in [9.17, 15) is 0 Å². The molecule has 0 atom stereocenters. The first-order chi connectivity index (χ1) is 8.43. The highest BCUT2D eigenvalue weighted by molar-refractivity contribution is 7.14. The molecule has 2 saturated heterocycles. The fraction of sp³-hybridized carbons (Fsp3) is 0.727. The second-order valence-electron chi connectivity index (χ2n) is 4.19. The van der Waals surface area contributed by atoms with E-state index in [1.54, 1.807) is 11.3 Å². The number of ether oxygens (including phenoxy) is 2. The Morgan fingerprint density at radius 3 is 2.18 bits per heavy atom. The first kappa shape index (κ1) is 11.3. The number of nitrogens with zero attached hydrogens (tertiary/aromatic N) is 3. The van der Waals surface area contributed by atoms with Crippen molar-refractivity contribution in [2.24, 2.45) is 0 Å². The van der Waals surface area contributed by atoms with E-state index < -0.39 is 0 Å². The topological polar surface area (TPSA) is 37.8 Å². The molecule has 6 heteroatoms. The zero-order valence-electron chi connectivity index (χ0n) is 9.80. The minimum absolute atomic E-state index is 0.810. The molecule has 0 spiro atoms. The Labute approximate surface area is 105 Å². The summed E-state index contributed by atoms with van der Waals surface area (Å²) in [6, 6.07) is 0. The zero-order valence-corrected chi connectivity index (χ0v) is 10.6. The summed E-state index contributed by atoms with van der Waals surface area (Å²) in [7, 11) is 0. The van der Waals surface area contributed by atoms with Gasteiger partial charge in [0.1, 0.15) is 5.82 Å². The zero-order chi connectivity index (χ0) is 11.5. The molecule has 0 amide bonds. The van der Waals surface area contributed by atoms with E-state index in [0.29, 0.717) is 0 Å². The van der Waals surface area contributed by atoms with Crippen LogP contribution in [0.1, 0.15) is 0 Å². The lowest BCUT2D eigenvalue weighted by atomic mass is 10.4. The highest BCUT2D eigenvalue weighted by Crippen LogP contribution is 2.26. The van der Waals surface area contributed by atoms with Gasteiger partial charge in [-0.25, -0.2) is 4.98 Å². The molecule has 0 radical (unpaired) electrons. The van der Waals surface area contributed by atoms with Crippen LogP contribution in [-0.2, 0) is 9.47 Å². The average molecular weight is 255 g/mol. The largest absolute Gasteiger partial charge is 0.378 e. The molecule has 0 bridgehead atoms. The van der Waals surface area contributed by atoms with Crippen molar-refractivity contribution in [3.8, 4) is 0 Å². The van der Waals surface area contributed by atoms with Crippen LogP contribution in [0.3, 0.4) is 0 Å². The minimum atomic E-state index is 0.810. The van der Waals surface area contributed by atoms with Crippen LogP contribution in [0.4, 0.5) is 10.9 Å². The lowest BCUT2D eigenvalue weighted by Gasteiger charge is -2.28. The Hall–Kier alpha value is -0.850. The standard InChI is InChI=1S/C11H17N3O2S/c1-5-15-6-2-13(1)10-9-17-11(12-10)14-3-7-16-8-4-14/h9H,1-8H2. The average Bonchev–Trinajstić information content (AvgIpc) is 2.90. The summed E-state index contributed by atoms with van der Waals surface area (Å²) in [6.45, 7) is 7.05. The molecule has 0 unspecified atom stereocenters. The van der Waals surface area contributed by atoms with Crippen LogP contribution in [0, 0.1) is 0 Å². The van der Waals surface area contributed by atoms with Crippen molar-refractivity contribution >= 4 is 22.3 Å². The fourth-order valence-corrected chi connectivity index (χ4v) is 2.98. The molecule has 0 aliphatic carbocycles. The van der Waals surface area contributed by atoms with Crippen LogP contribution in [-0.4, -0.2) is 57.6 Å². The lowest BCUT2D eigenvalue weighted by Crippen LogP contribution is -2.37. The maximum atomic E-state index is 5.35. The number of aromatic nitrogens is 1. The molecule has 0 N–H and O–H groups in total. The highest BCUT2D eigenvalue weighted by atomic mass is 32.1. The van der Waals surface area contributed by atoms with Gasteiger partial charge in [0.25, 0.3) is 0 Å². The van der Waals surface area contributed by atoms with Gasteiger partial charge in [0.05, 0.1) is 26.4 Å². The van der Waals surface area contributed by atoms with Gasteiger partial charge in [0.15, 0.2) is 5.13 Å². The van der Waals surface area contributed by atoms with Gasteiger partial charge in [0.2, 0.25) is 0 Å². The number of thiazole rings is 1. The minimum Gasteiger partial charge on any atom is -0.378 e. The Morgan fingerprint density at radius 1 is 0.941 bits per heavy atom. The summed E-state index contributed by atoms with van der Waals surface area (Å²) in [6.07, 6.45) is 0. The van der Waals surface area contributed by atoms with E-state index in [4.69, 9.17) is 14.5 Å². The Morgan fingerprint density at radius 2 is 1.53 bits per heavy atom. The van der Waals surface area contributed by atoms with Crippen molar-refractivity contribution in [2.45, 2.75) is 0 Å². The fourth-order valence-electron chi connectivity index (χ4n) is 2.09. The number of rotatable bonds is 2. The van der Waals surface area contributed by atoms with Crippen LogP contribution in [0.25, 0.3) is 0 Å². The van der Waals surface area contributed by atoms with Gasteiger partial charge >= 0.3 is 0 Å². The first-order valence-corrected chi connectivity index (χ1v) is 6.92. The van der Waals surface area contributed by atoms with E-state index >= 15 is 0 Å². The van der Waals surface area contributed by atoms with Crippen molar-refractivity contribution in [3.63, 3.8) is 0 Å². The van der Waals surface area contributed by atoms with Gasteiger partial charge in [-0.2, -0.15) is 0 Å². The highest BCUT2D eigenvalue weighted by Gasteiger charge is 2.18. The summed E-state index contributed by atoms with van der Waals surface area (Å²) in [5, 5.41) is 3.27. The second kappa shape index (κ2) is 5.20. The summed E-state index contributed by atoms with van der Waals surface area (Å²) < 4.78 is 10.7. The molecule has 1 aromatic rings. The van der Waals surface area contributed by atoms with E-state index in [-0.39, 0.29) is 0 Å². The number of hydrogen-bond donors (Lipinski definition) is 0. The van der Waals surface area contributed by atoms with Crippen molar-refractivity contribution in [1.29, 1.82) is 0 Å². The van der Waals surface area contributed by atoms with Crippen LogP contribution < -0.4 is 9.80 Å². The maximum absolute atomic E-state index is 5.35. The van der Waals surface area contributed by atoms with Crippen LogP contribution in [0.5, 0.6) is 0 Å². The third kappa shape index (κ3) is 2.53. The van der Waals surface area contributed by atoms with Crippen molar-refractivity contribution in [3.05, 3.63) is 5.38 Å². The Bertz CT molecular complexity index is 327. The van der Waals surface area contributed by atoms with Gasteiger partial charge in [-0.05, 0) is 0 Å². The molecular formula is C11H17N3O2S. The first-order valence-electron chi connectivity index (χ1n) is 6.04. The smallest absolute Gasteiger partial charge is 0.187 e. The summed E-state index contributed by atoms with van der Waals surface area (Å²) >= 11 is 1.73. The molecule has 3 heterocycles. The quantitative estimate of drug-likeness (QED) is 0.782. The van der Waals surface area contributed by atoms with Gasteiger partial charge < -0.3 is 19.3 Å². The number of morpholine rings is 2. The van der Waals surface area contributed by atoms with E-state index in [1.165, 1.54) is 0 Å². The third-order valence-corrected chi connectivity index (χ3v) is 3.99. The van der Waals surface area contributed by atoms with Crippen molar-refractivity contribution < 1.29 is 9.47 Å². The van der Waals surface area contributed by atoms with E-state index in [0.717, 1.165) is 63.6 Å². The Kier molecular flexibility index (Phi) is 3.44. The molecule has 2 aliphatic heterocycles. The summed E-state index contributed by atoms with van der Waals surface area (Å²) in [4.78, 5) is 9.32. The molecule has 5 nitrogen and oxygen atoms in total. The molecule has 0 aromatic carbocycles. The van der Waals surface area contributed by atoms with E-state index in [2.05, 4.69) is 15.2 Å². The molecule has 17 heavy (non-hydrogen) atoms. The van der Waals surface area contributed by atoms with Gasteiger partial charge in [-0.1, -0.05) is 0 Å². The second-order valence-corrected chi connectivity index (χ2v) is 5.02. The normalized spacial score (nSPS) is 21.9. The monoisotopic (exact) mass is 255 g/mol. The third-order valence-electron chi connectivity index (χ3n) is 3.10. The Balaban J connectivity index is 1.68. The molecule has 2 fully saturated rings. The van der Waals surface area contributed by atoms with Gasteiger partial charge in [-0.15, -0.1) is 11.3 Å². The van der Waals surface area contributed by atoms with Crippen molar-refractivity contribution in [2.75, 3.05) is 62.4 Å². The van der Waals surface area contributed by atoms with Crippen LogP contribution >= 0.6 is 11.3 Å². The number of anilines is 2. The molecule has 94 valence electrons. The molecule has 3 rings (SSSR count). The lowest BCUT2D eigenvalue weighted by molar-refractivity contribution is 0.122. The van der Waals surface area contributed by atoms with Crippen LogP contribution in [0.15, 0.2) is 5.38 Å². The molecule has 2 aliphatic rings. The van der Waals surface area contributed by atoms with E-state index in [1.807, 2.05) is 0 Å². The van der Waals surface area contributed by atoms with Gasteiger partial charge in [0, 0.05) is 31.6 Å². The molecule has 1 aromatic heterocycles. The summed E-state index contributed by atoms with van der Waals surface area (Å²) in [5.74, 6) is 1.10. The number of hydrogen-bond acceptors (Lipinski definition) is 6.